The van der Waals surface area contributed by atoms with Crippen molar-refractivity contribution in [2.24, 2.45) is 0 Å². The van der Waals surface area contributed by atoms with E-state index in [-0.39, 0.29) is 0 Å². The molecular weight excluding hydrogens is 267 g/mol. The minimum absolute atomic E-state index is 0.728. The molecule has 4 N–H and O–H groups in total. The topological polar surface area (TPSA) is 80.9 Å². The summed E-state index contributed by atoms with van der Waals surface area (Å²) in [7, 11) is -1.25. The van der Waals surface area contributed by atoms with Crippen LogP contribution >= 0.6 is 0 Å². The van der Waals surface area contributed by atoms with Gasteiger partial charge in [0.2, 0.25) is 0 Å². The van der Waals surface area contributed by atoms with Crippen molar-refractivity contribution in [2.75, 3.05) is 0 Å². The fourth-order valence-electron chi connectivity index (χ4n) is 1.29. The molecule has 0 aromatic rings. The maximum Gasteiger partial charge on any atom is 0.483 e. The van der Waals surface area contributed by atoms with Crippen LogP contribution in [0, 0.1) is 0 Å². The Hall–Kier alpha value is -0.355. The fraction of sp³-hybridized carbons (Fsp3) is 0.875. The predicted molar refractivity (Wildman–Crippen MR) is 89.9 cm³/mol. The molecule has 0 aliphatic carbocycles. The third-order valence-corrected chi connectivity index (χ3v) is 3.70. The number of hydrogen-bond acceptors (Lipinski definition) is 4. The highest BCUT2D eigenvalue weighted by molar-refractivity contribution is 6.50. The lowest BCUT2D eigenvalue weighted by molar-refractivity contribution is -0.107. The zero-order chi connectivity index (χ0) is 17.1. The van der Waals surface area contributed by atoms with E-state index in [1.807, 2.05) is 13.0 Å². The lowest BCUT2D eigenvalue weighted by Gasteiger charge is -2.31. The molecule has 21 heavy (non-hydrogen) atoms. The van der Waals surface area contributed by atoms with E-state index in [0.29, 0.717) is 0 Å². The van der Waals surface area contributed by atoms with Gasteiger partial charge >= 0.3 is 7.12 Å². The van der Waals surface area contributed by atoms with E-state index in [4.69, 9.17) is 20.3 Å². The third-order valence-electron chi connectivity index (χ3n) is 3.70. The SMILES string of the molecule is CC(C)(O)C(C)(C)O.CCCCCCC=C(CC)B(O)O. The molecule has 0 rings (SSSR count). The average molecular weight is 302 g/mol. The Kier molecular flexibility index (Phi) is 12.3. The van der Waals surface area contributed by atoms with E-state index in [0.717, 1.165) is 24.7 Å². The van der Waals surface area contributed by atoms with Crippen LogP contribution in [0.15, 0.2) is 11.5 Å². The van der Waals surface area contributed by atoms with Crippen molar-refractivity contribution in [3.63, 3.8) is 0 Å². The quantitative estimate of drug-likeness (QED) is 0.410. The van der Waals surface area contributed by atoms with Gasteiger partial charge in [-0.15, -0.1) is 0 Å². The summed E-state index contributed by atoms with van der Waals surface area (Å²) in [6.07, 6.45) is 8.58. The van der Waals surface area contributed by atoms with Crippen molar-refractivity contribution < 1.29 is 20.3 Å². The number of aliphatic hydroxyl groups is 2. The van der Waals surface area contributed by atoms with Crippen LogP contribution in [0.5, 0.6) is 0 Å². The molecule has 0 saturated carbocycles. The van der Waals surface area contributed by atoms with Gasteiger partial charge < -0.3 is 20.3 Å². The lowest BCUT2D eigenvalue weighted by Crippen LogP contribution is -2.44. The maximum atomic E-state index is 9.10. The Bertz CT molecular complexity index is 263. The summed E-state index contributed by atoms with van der Waals surface area (Å²) < 4.78 is 0. The molecule has 0 bridgehead atoms. The third kappa shape index (κ3) is 13.1. The standard InChI is InChI=1S/C10H21BO2.C6H14O2/c1-3-5-6-7-8-9-10(4-2)11(12)13;1-5(2,7)6(3,4)8/h9,12-13H,3-8H2,1-2H3;7-8H,1-4H3. The van der Waals surface area contributed by atoms with Crippen LogP contribution in [0.2, 0.25) is 0 Å². The second-order valence-corrected chi connectivity index (χ2v) is 6.47. The summed E-state index contributed by atoms with van der Waals surface area (Å²) in [5, 5.41) is 36.0. The number of unbranched alkanes of at least 4 members (excludes halogenated alkanes) is 4. The van der Waals surface area contributed by atoms with Gasteiger partial charge in [0.15, 0.2) is 0 Å². The van der Waals surface area contributed by atoms with Crippen molar-refractivity contribution >= 4 is 7.12 Å². The van der Waals surface area contributed by atoms with Crippen LogP contribution in [0.1, 0.15) is 80.1 Å². The Morgan fingerprint density at radius 2 is 1.38 bits per heavy atom. The average Bonchev–Trinajstić information content (AvgIpc) is 2.31. The first kappa shape index (κ1) is 22.9. The summed E-state index contributed by atoms with van der Waals surface area (Å²) >= 11 is 0. The highest BCUT2D eigenvalue weighted by Crippen LogP contribution is 2.19. The van der Waals surface area contributed by atoms with Crippen LogP contribution in [0.3, 0.4) is 0 Å². The van der Waals surface area contributed by atoms with E-state index in [1.54, 1.807) is 27.7 Å². The minimum atomic E-state index is -1.25. The summed E-state index contributed by atoms with van der Waals surface area (Å²) in [4.78, 5) is 0. The van der Waals surface area contributed by atoms with Crippen LogP contribution in [-0.4, -0.2) is 38.6 Å². The van der Waals surface area contributed by atoms with Crippen LogP contribution in [0.25, 0.3) is 0 Å². The molecule has 126 valence electrons. The molecule has 5 heteroatoms. The fourth-order valence-corrected chi connectivity index (χ4v) is 1.29. The van der Waals surface area contributed by atoms with Crippen LogP contribution < -0.4 is 0 Å². The molecular formula is C16H35BO4. The molecule has 0 spiro atoms. The van der Waals surface area contributed by atoms with Gasteiger partial charge in [0.05, 0.1) is 11.2 Å². The first-order valence-corrected chi connectivity index (χ1v) is 7.97. The van der Waals surface area contributed by atoms with E-state index in [2.05, 4.69) is 6.92 Å². The van der Waals surface area contributed by atoms with E-state index in [1.165, 1.54) is 19.3 Å². The second kappa shape index (κ2) is 11.2. The molecule has 0 saturated heterocycles. The van der Waals surface area contributed by atoms with Crippen molar-refractivity contribution in [2.45, 2.75) is 91.3 Å². The zero-order valence-corrected chi connectivity index (χ0v) is 14.7. The van der Waals surface area contributed by atoms with Crippen molar-refractivity contribution in [1.29, 1.82) is 0 Å². The first-order chi connectivity index (χ1) is 9.47. The monoisotopic (exact) mass is 302 g/mol. The van der Waals surface area contributed by atoms with Gasteiger partial charge in [-0.25, -0.2) is 0 Å². The second-order valence-electron chi connectivity index (χ2n) is 6.47. The van der Waals surface area contributed by atoms with Gasteiger partial charge in [-0.3, -0.25) is 0 Å². The van der Waals surface area contributed by atoms with Gasteiger partial charge in [0.1, 0.15) is 0 Å². The lowest BCUT2D eigenvalue weighted by atomic mass is 9.77. The minimum Gasteiger partial charge on any atom is -0.423 e. The molecule has 0 aliphatic heterocycles. The molecule has 0 atom stereocenters. The highest BCUT2D eigenvalue weighted by atomic mass is 16.4. The first-order valence-electron chi connectivity index (χ1n) is 7.97. The van der Waals surface area contributed by atoms with Gasteiger partial charge in [-0.05, 0) is 52.4 Å². The van der Waals surface area contributed by atoms with Gasteiger partial charge in [0.25, 0.3) is 0 Å². The molecule has 0 amide bonds. The highest BCUT2D eigenvalue weighted by Gasteiger charge is 2.31. The predicted octanol–water partition coefficient (Wildman–Crippen LogP) is 2.83. The van der Waals surface area contributed by atoms with Crippen molar-refractivity contribution in [1.82, 2.24) is 0 Å². The van der Waals surface area contributed by atoms with Crippen LogP contribution in [-0.2, 0) is 0 Å². The maximum absolute atomic E-state index is 9.10. The largest absolute Gasteiger partial charge is 0.483 e. The van der Waals surface area contributed by atoms with Crippen molar-refractivity contribution in [3.8, 4) is 0 Å². The van der Waals surface area contributed by atoms with Crippen LogP contribution in [0.4, 0.5) is 0 Å². The number of rotatable bonds is 8. The van der Waals surface area contributed by atoms with E-state index >= 15 is 0 Å². The molecule has 0 unspecified atom stereocenters. The molecule has 0 aromatic heterocycles. The van der Waals surface area contributed by atoms with E-state index in [9.17, 15) is 0 Å². The summed E-state index contributed by atoms with van der Waals surface area (Å²) in [5.41, 5.74) is -1.27. The molecule has 0 fully saturated rings. The number of allylic oxidation sites excluding steroid dienone is 2. The van der Waals surface area contributed by atoms with Gasteiger partial charge in [-0.2, -0.15) is 0 Å². The summed E-state index contributed by atoms with van der Waals surface area (Å²) in [6.45, 7) is 10.4. The molecule has 0 radical (unpaired) electrons. The Morgan fingerprint density at radius 3 is 1.67 bits per heavy atom. The Labute approximate surface area is 131 Å². The number of hydrogen-bond donors (Lipinski definition) is 4. The Morgan fingerprint density at radius 1 is 0.905 bits per heavy atom. The molecule has 4 nitrogen and oxygen atoms in total. The molecule has 0 aliphatic rings. The van der Waals surface area contributed by atoms with E-state index < -0.39 is 18.3 Å². The normalized spacial score (nSPS) is 12.8. The van der Waals surface area contributed by atoms with Gasteiger partial charge in [-0.1, -0.05) is 39.2 Å². The Balaban J connectivity index is 0. The van der Waals surface area contributed by atoms with Crippen molar-refractivity contribution in [3.05, 3.63) is 11.5 Å². The van der Waals surface area contributed by atoms with Gasteiger partial charge in [0, 0.05) is 0 Å². The molecule has 0 heterocycles. The summed E-state index contributed by atoms with van der Waals surface area (Å²) in [5.74, 6) is 0. The smallest absolute Gasteiger partial charge is 0.423 e. The zero-order valence-electron chi connectivity index (χ0n) is 14.7. The molecule has 0 aromatic carbocycles. The summed E-state index contributed by atoms with van der Waals surface area (Å²) in [6, 6.07) is 0.